The summed E-state index contributed by atoms with van der Waals surface area (Å²) >= 11 is 5.89. The van der Waals surface area contributed by atoms with E-state index in [2.05, 4.69) is 48.4 Å². The predicted octanol–water partition coefficient (Wildman–Crippen LogP) is 5.35. The number of carbonyl (C=O) groups excluding carboxylic acids is 1. The standard InChI is InChI=1S/C28H28N6OS/c1-18(2)27(35)31-22-10-9-21(17-19(22)3)34-26(25(32-28(34)36)23-7-4-5-13-30-23)24-8-6-16-33(24)20-11-14-29-15-12-20/h4-18,25-26H,1-3H3,(H,31,35)(H,32,36). The number of benzene rings is 1. The van der Waals surface area contributed by atoms with Crippen LogP contribution in [0.4, 0.5) is 11.4 Å². The number of amides is 1. The average Bonchev–Trinajstić information content (AvgIpc) is 3.50. The normalized spacial score (nSPS) is 17.3. The summed E-state index contributed by atoms with van der Waals surface area (Å²) in [7, 11) is 0. The topological polar surface area (TPSA) is 75.1 Å². The molecule has 2 unspecified atom stereocenters. The molecule has 36 heavy (non-hydrogen) atoms. The molecular weight excluding hydrogens is 468 g/mol. The maximum absolute atomic E-state index is 12.3. The number of thiocarbonyl (C=S) groups is 1. The zero-order chi connectivity index (χ0) is 25.2. The molecular formula is C28H28N6OS. The van der Waals surface area contributed by atoms with Gasteiger partial charge in [-0.25, -0.2) is 0 Å². The molecule has 1 aliphatic rings. The number of hydrogen-bond donors (Lipinski definition) is 2. The van der Waals surface area contributed by atoms with Crippen LogP contribution in [0.1, 0.15) is 42.9 Å². The third-order valence-electron chi connectivity index (χ3n) is 6.39. The van der Waals surface area contributed by atoms with Crippen molar-refractivity contribution in [2.75, 3.05) is 10.2 Å². The van der Waals surface area contributed by atoms with Gasteiger partial charge >= 0.3 is 0 Å². The van der Waals surface area contributed by atoms with E-state index in [1.54, 1.807) is 18.6 Å². The third-order valence-corrected chi connectivity index (χ3v) is 6.71. The van der Waals surface area contributed by atoms with E-state index in [1.165, 1.54) is 0 Å². The average molecular weight is 497 g/mol. The summed E-state index contributed by atoms with van der Waals surface area (Å²) in [6.07, 6.45) is 7.43. The molecule has 3 aromatic heterocycles. The molecule has 7 nitrogen and oxygen atoms in total. The minimum atomic E-state index is -0.161. The van der Waals surface area contributed by atoms with Gasteiger partial charge in [0.1, 0.15) is 6.04 Å². The van der Waals surface area contributed by atoms with Crippen LogP contribution in [-0.4, -0.2) is 25.6 Å². The van der Waals surface area contributed by atoms with Gasteiger partial charge in [-0.15, -0.1) is 0 Å². The first-order chi connectivity index (χ1) is 17.4. The van der Waals surface area contributed by atoms with Gasteiger partial charge in [-0.3, -0.25) is 14.8 Å². The lowest BCUT2D eigenvalue weighted by molar-refractivity contribution is -0.118. The van der Waals surface area contributed by atoms with Crippen molar-refractivity contribution in [1.82, 2.24) is 19.9 Å². The molecule has 0 spiro atoms. The van der Waals surface area contributed by atoms with Gasteiger partial charge in [0.05, 0.1) is 11.7 Å². The number of pyridine rings is 2. The van der Waals surface area contributed by atoms with E-state index in [9.17, 15) is 4.79 Å². The van der Waals surface area contributed by atoms with Crippen LogP contribution in [0.25, 0.3) is 5.69 Å². The molecule has 0 aliphatic carbocycles. The maximum atomic E-state index is 12.3. The second-order valence-electron chi connectivity index (χ2n) is 9.15. The van der Waals surface area contributed by atoms with Crippen molar-refractivity contribution in [3.8, 4) is 5.69 Å². The second kappa shape index (κ2) is 9.91. The lowest BCUT2D eigenvalue weighted by Crippen LogP contribution is -2.30. The van der Waals surface area contributed by atoms with Gasteiger partial charge in [0, 0.05) is 53.5 Å². The highest BCUT2D eigenvalue weighted by molar-refractivity contribution is 7.80. The molecule has 4 heterocycles. The van der Waals surface area contributed by atoms with Gasteiger partial charge < -0.3 is 20.1 Å². The molecule has 1 aromatic carbocycles. The van der Waals surface area contributed by atoms with Gasteiger partial charge in [0.15, 0.2) is 5.11 Å². The van der Waals surface area contributed by atoms with E-state index in [-0.39, 0.29) is 23.9 Å². The Morgan fingerprint density at radius 2 is 1.83 bits per heavy atom. The van der Waals surface area contributed by atoms with Crippen LogP contribution in [-0.2, 0) is 4.79 Å². The fourth-order valence-corrected chi connectivity index (χ4v) is 4.87. The highest BCUT2D eigenvalue weighted by Crippen LogP contribution is 2.42. The summed E-state index contributed by atoms with van der Waals surface area (Å²) in [5.74, 6) is -0.101. The minimum absolute atomic E-state index is 0.00696. The van der Waals surface area contributed by atoms with Gasteiger partial charge in [0.2, 0.25) is 5.91 Å². The fraction of sp³-hybridized carbons (Fsp3) is 0.214. The summed E-state index contributed by atoms with van der Waals surface area (Å²) in [5, 5.41) is 7.15. The third kappa shape index (κ3) is 4.47. The van der Waals surface area contributed by atoms with Crippen molar-refractivity contribution in [2.45, 2.75) is 32.9 Å². The predicted molar refractivity (Wildman–Crippen MR) is 146 cm³/mol. The number of aryl methyl sites for hydroxylation is 1. The summed E-state index contributed by atoms with van der Waals surface area (Å²) in [4.78, 5) is 23.2. The molecule has 0 bridgehead atoms. The van der Waals surface area contributed by atoms with Gasteiger partial charge in [0.25, 0.3) is 0 Å². The van der Waals surface area contributed by atoms with E-state index in [0.29, 0.717) is 5.11 Å². The Balaban J connectivity index is 1.59. The van der Waals surface area contributed by atoms with Crippen molar-refractivity contribution < 1.29 is 4.79 Å². The Kier molecular flexibility index (Phi) is 6.52. The first-order valence-corrected chi connectivity index (χ1v) is 12.3. The van der Waals surface area contributed by atoms with E-state index in [0.717, 1.165) is 34.0 Å². The Bertz CT molecular complexity index is 1390. The lowest BCUT2D eigenvalue weighted by Gasteiger charge is -2.29. The van der Waals surface area contributed by atoms with E-state index in [4.69, 9.17) is 12.2 Å². The van der Waals surface area contributed by atoms with Crippen LogP contribution in [0.5, 0.6) is 0 Å². The smallest absolute Gasteiger partial charge is 0.226 e. The molecule has 5 rings (SSSR count). The first kappa shape index (κ1) is 23.7. The summed E-state index contributed by atoms with van der Waals surface area (Å²) in [5.41, 5.74) is 5.71. The van der Waals surface area contributed by atoms with Crippen molar-refractivity contribution in [2.24, 2.45) is 5.92 Å². The summed E-state index contributed by atoms with van der Waals surface area (Å²) in [6, 6.07) is 19.8. The van der Waals surface area contributed by atoms with Crippen molar-refractivity contribution in [1.29, 1.82) is 0 Å². The van der Waals surface area contributed by atoms with Gasteiger partial charge in [-0.05, 0) is 79.3 Å². The molecule has 2 N–H and O–H groups in total. The molecule has 1 fully saturated rings. The van der Waals surface area contributed by atoms with E-state index < -0.39 is 0 Å². The highest BCUT2D eigenvalue weighted by Gasteiger charge is 2.42. The van der Waals surface area contributed by atoms with Crippen LogP contribution < -0.4 is 15.5 Å². The highest BCUT2D eigenvalue weighted by atomic mass is 32.1. The van der Waals surface area contributed by atoms with Crippen LogP contribution in [0.15, 0.2) is 85.5 Å². The number of hydrogen-bond acceptors (Lipinski definition) is 4. The Morgan fingerprint density at radius 1 is 1.03 bits per heavy atom. The van der Waals surface area contributed by atoms with Crippen molar-refractivity contribution in [3.63, 3.8) is 0 Å². The molecule has 1 saturated heterocycles. The van der Waals surface area contributed by atoms with Crippen molar-refractivity contribution in [3.05, 3.63) is 102 Å². The molecule has 8 heteroatoms. The first-order valence-electron chi connectivity index (χ1n) is 11.9. The van der Waals surface area contributed by atoms with Crippen LogP contribution >= 0.6 is 12.2 Å². The Labute approximate surface area is 216 Å². The molecule has 0 saturated carbocycles. The zero-order valence-electron chi connectivity index (χ0n) is 20.4. The quantitative estimate of drug-likeness (QED) is 0.351. The lowest BCUT2D eigenvalue weighted by atomic mass is 10.00. The van der Waals surface area contributed by atoms with Crippen LogP contribution in [0.2, 0.25) is 0 Å². The second-order valence-corrected chi connectivity index (χ2v) is 9.53. The fourth-order valence-electron chi connectivity index (χ4n) is 4.52. The molecule has 4 aromatic rings. The molecule has 1 amide bonds. The molecule has 182 valence electrons. The maximum Gasteiger partial charge on any atom is 0.226 e. The summed E-state index contributed by atoms with van der Waals surface area (Å²) in [6.45, 7) is 5.76. The number of nitrogens with one attached hydrogen (secondary N) is 2. The van der Waals surface area contributed by atoms with Crippen LogP contribution in [0.3, 0.4) is 0 Å². The molecule has 1 aliphatic heterocycles. The minimum Gasteiger partial charge on any atom is -0.351 e. The largest absolute Gasteiger partial charge is 0.351 e. The van der Waals surface area contributed by atoms with Crippen molar-refractivity contribution >= 4 is 34.6 Å². The molecule has 0 radical (unpaired) electrons. The van der Waals surface area contributed by atoms with E-state index >= 15 is 0 Å². The molecule has 2 atom stereocenters. The number of rotatable bonds is 6. The number of aromatic nitrogens is 3. The summed E-state index contributed by atoms with van der Waals surface area (Å²) < 4.78 is 2.16. The van der Waals surface area contributed by atoms with Gasteiger partial charge in [-0.1, -0.05) is 19.9 Å². The number of nitrogens with zero attached hydrogens (tertiary/aromatic N) is 4. The number of anilines is 2. The Morgan fingerprint density at radius 3 is 2.53 bits per heavy atom. The monoisotopic (exact) mass is 496 g/mol. The van der Waals surface area contributed by atoms with Crippen LogP contribution in [0, 0.1) is 12.8 Å². The Hall–Kier alpha value is -4.04. The zero-order valence-corrected chi connectivity index (χ0v) is 21.2. The van der Waals surface area contributed by atoms with Gasteiger partial charge in [-0.2, -0.15) is 0 Å². The SMILES string of the molecule is Cc1cc(N2C(=S)NC(c3ccccn3)C2c2cccn2-c2ccncc2)ccc1NC(=O)C(C)C. The van der Waals surface area contributed by atoms with E-state index in [1.807, 2.05) is 69.3 Å². The number of carbonyl (C=O) groups is 1.